The van der Waals surface area contributed by atoms with Crippen LogP contribution in [0.25, 0.3) is 0 Å². The highest BCUT2D eigenvalue weighted by Crippen LogP contribution is 2.10. The maximum atomic E-state index is 11.4. The fourth-order valence-electron chi connectivity index (χ4n) is 1.41. The van der Waals surface area contributed by atoms with Crippen LogP contribution < -0.4 is 0 Å². The molecular formula is C14H18N2O4. The van der Waals surface area contributed by atoms with Gasteiger partial charge < -0.3 is 9.84 Å². The van der Waals surface area contributed by atoms with E-state index in [0.717, 1.165) is 5.56 Å². The monoisotopic (exact) mass is 278 g/mol. The third-order valence-corrected chi connectivity index (χ3v) is 2.23. The molecule has 1 aromatic carbocycles. The maximum Gasteiger partial charge on any atom is 0.452 e. The fourth-order valence-corrected chi connectivity index (χ4v) is 1.41. The predicted molar refractivity (Wildman–Crippen MR) is 72.7 cm³/mol. The molecule has 1 amide bonds. The Kier molecular flexibility index (Phi) is 5.37. The summed E-state index contributed by atoms with van der Waals surface area (Å²) in [5, 5.41) is 15.9. The largest absolute Gasteiger partial charge is 0.480 e. The number of azo groups is 1. The van der Waals surface area contributed by atoms with Crippen molar-refractivity contribution in [1.82, 2.24) is 0 Å². The van der Waals surface area contributed by atoms with E-state index in [1.54, 1.807) is 45.0 Å². The van der Waals surface area contributed by atoms with E-state index in [4.69, 9.17) is 9.84 Å². The van der Waals surface area contributed by atoms with Crippen LogP contribution in [0.3, 0.4) is 0 Å². The maximum absolute atomic E-state index is 11.4. The van der Waals surface area contributed by atoms with Gasteiger partial charge >= 0.3 is 12.1 Å². The van der Waals surface area contributed by atoms with E-state index < -0.39 is 23.7 Å². The standard InChI is InChI=1S/C14H18N2O4/c1-14(2,3)20-13(19)16-15-11(12(17)18)9-10-7-5-4-6-8-10/h4-8,11H,9H2,1-3H3,(H,17,18). The van der Waals surface area contributed by atoms with E-state index in [-0.39, 0.29) is 6.42 Å². The van der Waals surface area contributed by atoms with Gasteiger partial charge in [0, 0.05) is 6.42 Å². The van der Waals surface area contributed by atoms with Crippen molar-refractivity contribution in [3.05, 3.63) is 35.9 Å². The predicted octanol–water partition coefficient (Wildman–Crippen LogP) is 3.07. The minimum atomic E-state index is -1.14. The fraction of sp³-hybridized carbons (Fsp3) is 0.429. The number of carbonyl (C=O) groups excluding carboxylic acids is 1. The number of ether oxygens (including phenoxy) is 1. The molecule has 0 heterocycles. The minimum Gasteiger partial charge on any atom is -0.480 e. The van der Waals surface area contributed by atoms with E-state index in [1.807, 2.05) is 6.07 Å². The van der Waals surface area contributed by atoms with Crippen LogP contribution in [0.2, 0.25) is 0 Å². The van der Waals surface area contributed by atoms with Gasteiger partial charge in [0.15, 0.2) is 6.04 Å². The molecule has 1 aromatic rings. The first-order valence-corrected chi connectivity index (χ1v) is 6.18. The lowest BCUT2D eigenvalue weighted by Crippen LogP contribution is -2.23. The van der Waals surface area contributed by atoms with E-state index in [9.17, 15) is 9.59 Å². The number of carboxylic acid groups (broad SMARTS) is 1. The van der Waals surface area contributed by atoms with Gasteiger partial charge in [-0.05, 0) is 26.3 Å². The summed E-state index contributed by atoms with van der Waals surface area (Å²) in [6.45, 7) is 5.08. The number of hydrogen-bond donors (Lipinski definition) is 1. The van der Waals surface area contributed by atoms with Gasteiger partial charge in [0.1, 0.15) is 5.60 Å². The number of aliphatic carboxylic acids is 1. The molecule has 0 aliphatic rings. The molecule has 0 aliphatic heterocycles. The van der Waals surface area contributed by atoms with Crippen molar-refractivity contribution in [2.75, 3.05) is 0 Å². The van der Waals surface area contributed by atoms with Crippen molar-refractivity contribution in [2.24, 2.45) is 10.2 Å². The molecule has 6 heteroatoms. The molecule has 1 rings (SSSR count). The summed E-state index contributed by atoms with van der Waals surface area (Å²) < 4.78 is 4.93. The first-order chi connectivity index (χ1) is 9.28. The van der Waals surface area contributed by atoms with Crippen LogP contribution in [0.4, 0.5) is 4.79 Å². The van der Waals surface area contributed by atoms with Crippen LogP contribution in [0.5, 0.6) is 0 Å². The van der Waals surface area contributed by atoms with Gasteiger partial charge in [0.25, 0.3) is 0 Å². The van der Waals surface area contributed by atoms with Crippen molar-refractivity contribution >= 4 is 12.1 Å². The molecule has 0 fully saturated rings. The number of benzene rings is 1. The Bertz CT molecular complexity index is 492. The summed E-state index contributed by atoms with van der Waals surface area (Å²) in [6, 6.07) is 7.92. The van der Waals surface area contributed by atoms with Crippen molar-refractivity contribution in [2.45, 2.75) is 38.8 Å². The van der Waals surface area contributed by atoms with Crippen molar-refractivity contribution in [1.29, 1.82) is 0 Å². The first-order valence-electron chi connectivity index (χ1n) is 6.18. The van der Waals surface area contributed by atoms with Gasteiger partial charge in [0.05, 0.1) is 0 Å². The minimum absolute atomic E-state index is 0.169. The summed E-state index contributed by atoms with van der Waals surface area (Å²) in [6.07, 6.45) is -0.723. The second kappa shape index (κ2) is 6.79. The molecular weight excluding hydrogens is 260 g/mol. The lowest BCUT2D eigenvalue weighted by Gasteiger charge is -2.16. The highest BCUT2D eigenvalue weighted by atomic mass is 16.6. The quantitative estimate of drug-likeness (QED) is 0.857. The molecule has 6 nitrogen and oxygen atoms in total. The topological polar surface area (TPSA) is 88.3 Å². The SMILES string of the molecule is CC(C)(C)OC(=O)N=NC(Cc1ccccc1)C(=O)O. The Balaban J connectivity index is 2.68. The zero-order valence-electron chi connectivity index (χ0n) is 11.7. The lowest BCUT2D eigenvalue weighted by atomic mass is 10.1. The summed E-state index contributed by atoms with van der Waals surface area (Å²) in [7, 11) is 0. The molecule has 0 saturated carbocycles. The van der Waals surface area contributed by atoms with E-state index in [1.165, 1.54) is 0 Å². The summed E-state index contributed by atoms with van der Waals surface area (Å²) in [5.41, 5.74) is 0.122. The third-order valence-electron chi connectivity index (χ3n) is 2.23. The summed E-state index contributed by atoms with van der Waals surface area (Å²) >= 11 is 0. The molecule has 108 valence electrons. The Hall–Kier alpha value is -2.24. The molecule has 0 bridgehead atoms. The zero-order chi connectivity index (χ0) is 15.2. The number of carbonyl (C=O) groups is 2. The number of hydrogen-bond acceptors (Lipinski definition) is 4. The third kappa shape index (κ3) is 6.08. The molecule has 0 radical (unpaired) electrons. The number of nitrogens with zero attached hydrogens (tertiary/aromatic N) is 2. The normalized spacial score (nSPS) is 13.2. The summed E-state index contributed by atoms with van der Waals surface area (Å²) in [5.74, 6) is -1.14. The number of carboxylic acids is 1. The number of amides is 1. The highest BCUT2D eigenvalue weighted by Gasteiger charge is 2.20. The van der Waals surface area contributed by atoms with Gasteiger partial charge in [-0.3, -0.25) is 0 Å². The van der Waals surface area contributed by atoms with Crippen LogP contribution in [0, 0.1) is 0 Å². The van der Waals surface area contributed by atoms with E-state index in [2.05, 4.69) is 10.2 Å². The van der Waals surface area contributed by atoms with Crippen LogP contribution in [0.1, 0.15) is 26.3 Å². The molecule has 20 heavy (non-hydrogen) atoms. The van der Waals surface area contributed by atoms with Crippen molar-refractivity contribution in [3.63, 3.8) is 0 Å². The summed E-state index contributed by atoms with van der Waals surface area (Å²) in [4.78, 5) is 22.5. The molecule has 0 aromatic heterocycles. The Morgan fingerprint density at radius 1 is 1.25 bits per heavy atom. The van der Waals surface area contributed by atoms with E-state index >= 15 is 0 Å². The molecule has 0 aliphatic carbocycles. The molecule has 1 N–H and O–H groups in total. The Labute approximate surface area is 117 Å². The number of rotatable bonds is 4. The van der Waals surface area contributed by atoms with E-state index in [0.29, 0.717) is 0 Å². The zero-order valence-corrected chi connectivity index (χ0v) is 11.7. The van der Waals surface area contributed by atoms with Crippen LogP contribution >= 0.6 is 0 Å². The van der Waals surface area contributed by atoms with Gasteiger partial charge in [-0.1, -0.05) is 35.4 Å². The highest BCUT2D eigenvalue weighted by molar-refractivity contribution is 5.74. The average molecular weight is 278 g/mol. The molecule has 0 saturated heterocycles. The first kappa shape index (κ1) is 15.8. The van der Waals surface area contributed by atoms with Crippen molar-refractivity contribution in [3.8, 4) is 0 Å². The van der Waals surface area contributed by atoms with Gasteiger partial charge in [-0.25, -0.2) is 9.59 Å². The van der Waals surface area contributed by atoms with Gasteiger partial charge in [0.2, 0.25) is 0 Å². The molecule has 1 atom stereocenters. The Morgan fingerprint density at radius 3 is 2.35 bits per heavy atom. The van der Waals surface area contributed by atoms with Crippen molar-refractivity contribution < 1.29 is 19.4 Å². The molecule has 1 unspecified atom stereocenters. The van der Waals surface area contributed by atoms with Crippen LogP contribution in [-0.4, -0.2) is 28.8 Å². The van der Waals surface area contributed by atoms with Gasteiger partial charge in [-0.2, -0.15) is 5.11 Å². The lowest BCUT2D eigenvalue weighted by molar-refractivity contribution is -0.138. The smallest absolute Gasteiger partial charge is 0.452 e. The second-order valence-electron chi connectivity index (χ2n) is 5.24. The average Bonchev–Trinajstić information content (AvgIpc) is 2.33. The second-order valence-corrected chi connectivity index (χ2v) is 5.24. The van der Waals surface area contributed by atoms with Crippen LogP contribution in [-0.2, 0) is 16.0 Å². The Morgan fingerprint density at radius 2 is 1.85 bits per heavy atom. The van der Waals surface area contributed by atoms with Crippen LogP contribution in [0.15, 0.2) is 40.6 Å². The van der Waals surface area contributed by atoms with Gasteiger partial charge in [-0.15, -0.1) is 0 Å². The molecule has 0 spiro atoms.